The summed E-state index contributed by atoms with van der Waals surface area (Å²) in [6.07, 6.45) is 4.51. The molecule has 0 aliphatic carbocycles. The lowest BCUT2D eigenvalue weighted by Gasteiger charge is -2.39. The number of aromatic amines is 1. The molecule has 0 unspecified atom stereocenters. The average molecular weight is 513 g/mol. The van der Waals surface area contributed by atoms with Crippen LogP contribution in [0.1, 0.15) is 60.2 Å². The van der Waals surface area contributed by atoms with Gasteiger partial charge in [-0.1, -0.05) is 42.5 Å². The lowest BCUT2D eigenvalue weighted by Crippen LogP contribution is -2.46. The fourth-order valence-corrected chi connectivity index (χ4v) is 7.62. The van der Waals surface area contributed by atoms with E-state index in [0.717, 1.165) is 23.2 Å². The molecule has 192 valence electrons. The van der Waals surface area contributed by atoms with E-state index in [1.807, 2.05) is 49.4 Å². The molecule has 3 heterocycles. The summed E-state index contributed by atoms with van der Waals surface area (Å²) in [6, 6.07) is 16.3. The SMILES string of the molecule is C[C@H]1CC[C@H](c2ccccc2)S(=O)(=O)N1Cc1ccc(C2(NCc3cc[nH]n3)CCOCC2)cc1F. The summed E-state index contributed by atoms with van der Waals surface area (Å²) >= 11 is 0. The first-order valence-electron chi connectivity index (χ1n) is 12.5. The molecule has 36 heavy (non-hydrogen) atoms. The minimum Gasteiger partial charge on any atom is -0.381 e. The number of hydrogen-bond donors (Lipinski definition) is 2. The molecule has 0 spiro atoms. The maximum Gasteiger partial charge on any atom is 0.221 e. The molecule has 2 atom stereocenters. The number of ether oxygens (including phenoxy) is 1. The minimum absolute atomic E-state index is 0.0236. The standard InChI is InChI=1S/C27H33FN4O3S/c1-20-7-10-26(21-5-3-2-4-6-21)36(33,34)32(20)19-22-8-9-23(17-25(22)28)27(12-15-35-16-13-27)29-18-24-11-14-30-31-24/h2-6,8-9,11,14,17,20,26,29H,7,10,12-13,15-16,18-19H2,1H3,(H,30,31)/t20-,26+/m0/s1. The van der Waals surface area contributed by atoms with Crippen molar-refractivity contribution in [1.82, 2.24) is 19.8 Å². The van der Waals surface area contributed by atoms with E-state index in [1.165, 1.54) is 4.31 Å². The predicted octanol–water partition coefficient (Wildman–Crippen LogP) is 4.40. The highest BCUT2D eigenvalue weighted by atomic mass is 32.2. The van der Waals surface area contributed by atoms with Gasteiger partial charge in [-0.05, 0) is 55.9 Å². The van der Waals surface area contributed by atoms with Gasteiger partial charge in [-0.2, -0.15) is 9.40 Å². The number of sulfonamides is 1. The van der Waals surface area contributed by atoms with Crippen molar-refractivity contribution in [1.29, 1.82) is 0 Å². The number of halogens is 1. The van der Waals surface area contributed by atoms with Crippen LogP contribution in [-0.4, -0.2) is 42.2 Å². The Balaban J connectivity index is 1.39. The van der Waals surface area contributed by atoms with Gasteiger partial charge < -0.3 is 10.1 Å². The van der Waals surface area contributed by atoms with Gasteiger partial charge in [-0.15, -0.1) is 0 Å². The topological polar surface area (TPSA) is 87.3 Å². The highest BCUT2D eigenvalue weighted by Crippen LogP contribution is 2.39. The first-order chi connectivity index (χ1) is 17.4. The van der Waals surface area contributed by atoms with E-state index in [1.54, 1.807) is 18.3 Å². The summed E-state index contributed by atoms with van der Waals surface area (Å²) in [6.45, 7) is 3.65. The zero-order chi connectivity index (χ0) is 25.2. The largest absolute Gasteiger partial charge is 0.381 e. The molecule has 2 fully saturated rings. The van der Waals surface area contributed by atoms with Crippen molar-refractivity contribution >= 4 is 10.0 Å². The zero-order valence-electron chi connectivity index (χ0n) is 20.5. The van der Waals surface area contributed by atoms with Crippen molar-refractivity contribution in [2.75, 3.05) is 13.2 Å². The van der Waals surface area contributed by atoms with Crippen molar-refractivity contribution in [3.05, 3.63) is 89.0 Å². The number of benzene rings is 2. The van der Waals surface area contributed by atoms with Gasteiger partial charge in [0.1, 0.15) is 11.1 Å². The van der Waals surface area contributed by atoms with Crippen molar-refractivity contribution in [3.8, 4) is 0 Å². The number of hydrogen-bond acceptors (Lipinski definition) is 5. The van der Waals surface area contributed by atoms with Gasteiger partial charge in [0.2, 0.25) is 10.0 Å². The summed E-state index contributed by atoms with van der Waals surface area (Å²) < 4.78 is 49.8. The van der Waals surface area contributed by atoms with Gasteiger partial charge in [0.15, 0.2) is 0 Å². The molecule has 1 aromatic heterocycles. The number of aromatic nitrogens is 2. The van der Waals surface area contributed by atoms with Crippen LogP contribution in [-0.2, 0) is 33.4 Å². The normalized spacial score (nSPS) is 23.9. The Morgan fingerprint density at radius 3 is 2.61 bits per heavy atom. The Morgan fingerprint density at radius 2 is 1.92 bits per heavy atom. The second kappa shape index (κ2) is 10.4. The molecule has 0 bridgehead atoms. The van der Waals surface area contributed by atoms with Crippen LogP contribution in [0, 0.1) is 5.82 Å². The van der Waals surface area contributed by atoms with Crippen LogP contribution in [0.5, 0.6) is 0 Å². The quantitative estimate of drug-likeness (QED) is 0.490. The highest BCUT2D eigenvalue weighted by molar-refractivity contribution is 7.89. The van der Waals surface area contributed by atoms with Crippen LogP contribution in [0.4, 0.5) is 4.39 Å². The van der Waals surface area contributed by atoms with Crippen LogP contribution in [0.3, 0.4) is 0 Å². The number of rotatable bonds is 7. The third kappa shape index (κ3) is 4.98. The van der Waals surface area contributed by atoms with E-state index in [0.29, 0.717) is 44.6 Å². The lowest BCUT2D eigenvalue weighted by molar-refractivity contribution is 0.0355. The maximum atomic E-state index is 15.5. The second-order valence-electron chi connectivity index (χ2n) is 9.84. The molecule has 5 rings (SSSR count). The molecule has 3 aromatic rings. The molecule has 0 saturated carbocycles. The van der Waals surface area contributed by atoms with E-state index in [2.05, 4.69) is 15.5 Å². The van der Waals surface area contributed by atoms with Crippen LogP contribution < -0.4 is 5.32 Å². The van der Waals surface area contributed by atoms with Crippen LogP contribution in [0.15, 0.2) is 60.8 Å². The molecule has 0 radical (unpaired) electrons. The number of H-pyrrole nitrogens is 1. The molecule has 2 aliphatic heterocycles. The lowest BCUT2D eigenvalue weighted by atomic mass is 9.82. The first-order valence-corrected chi connectivity index (χ1v) is 14.1. The molecular formula is C27H33FN4O3S. The number of nitrogens with zero attached hydrogens (tertiary/aromatic N) is 2. The van der Waals surface area contributed by atoms with E-state index >= 15 is 4.39 Å². The second-order valence-corrected chi connectivity index (χ2v) is 11.9. The van der Waals surface area contributed by atoms with E-state index in [-0.39, 0.29) is 18.4 Å². The van der Waals surface area contributed by atoms with Crippen molar-refractivity contribution in [3.63, 3.8) is 0 Å². The fraction of sp³-hybridized carbons (Fsp3) is 0.444. The molecule has 2 N–H and O–H groups in total. The van der Waals surface area contributed by atoms with Crippen LogP contribution >= 0.6 is 0 Å². The Morgan fingerprint density at radius 1 is 1.14 bits per heavy atom. The Bertz CT molecular complexity index is 1260. The van der Waals surface area contributed by atoms with Gasteiger partial charge >= 0.3 is 0 Å². The molecule has 9 heteroatoms. The van der Waals surface area contributed by atoms with Crippen molar-refractivity contribution in [2.45, 2.75) is 62.5 Å². The molecule has 2 saturated heterocycles. The third-order valence-electron chi connectivity index (χ3n) is 7.64. The maximum absolute atomic E-state index is 15.5. The van der Waals surface area contributed by atoms with Gasteiger partial charge in [0, 0.05) is 49.6 Å². The summed E-state index contributed by atoms with van der Waals surface area (Å²) in [5.41, 5.74) is 2.47. The molecule has 0 amide bonds. The fourth-order valence-electron chi connectivity index (χ4n) is 5.43. The van der Waals surface area contributed by atoms with Crippen molar-refractivity contribution in [2.24, 2.45) is 0 Å². The molecule has 2 aromatic carbocycles. The van der Waals surface area contributed by atoms with E-state index in [4.69, 9.17) is 4.74 Å². The Labute approximate surface area is 212 Å². The molecule has 2 aliphatic rings. The van der Waals surface area contributed by atoms with E-state index in [9.17, 15) is 8.42 Å². The monoisotopic (exact) mass is 512 g/mol. The van der Waals surface area contributed by atoms with Gasteiger partial charge in [0.25, 0.3) is 0 Å². The first kappa shape index (κ1) is 25.1. The smallest absolute Gasteiger partial charge is 0.221 e. The highest BCUT2D eigenvalue weighted by Gasteiger charge is 2.41. The summed E-state index contributed by atoms with van der Waals surface area (Å²) in [5, 5.41) is 10.0. The zero-order valence-corrected chi connectivity index (χ0v) is 21.3. The minimum atomic E-state index is -3.63. The van der Waals surface area contributed by atoms with E-state index < -0.39 is 20.8 Å². The average Bonchev–Trinajstić information content (AvgIpc) is 3.41. The Hall–Kier alpha value is -2.59. The van der Waals surface area contributed by atoms with Crippen molar-refractivity contribution < 1.29 is 17.5 Å². The van der Waals surface area contributed by atoms with Gasteiger partial charge in [-0.3, -0.25) is 5.10 Å². The molecular weight excluding hydrogens is 479 g/mol. The van der Waals surface area contributed by atoms with Gasteiger partial charge in [-0.25, -0.2) is 12.8 Å². The molecule has 7 nitrogen and oxygen atoms in total. The van der Waals surface area contributed by atoms with Gasteiger partial charge in [0.05, 0.1) is 5.69 Å². The summed E-state index contributed by atoms with van der Waals surface area (Å²) in [4.78, 5) is 0. The van der Waals surface area contributed by atoms with Crippen LogP contribution in [0.25, 0.3) is 0 Å². The Kier molecular flexibility index (Phi) is 7.25. The van der Waals surface area contributed by atoms with Crippen LogP contribution in [0.2, 0.25) is 0 Å². The number of nitrogens with one attached hydrogen (secondary N) is 2. The summed E-state index contributed by atoms with van der Waals surface area (Å²) in [5.74, 6) is -0.385. The summed E-state index contributed by atoms with van der Waals surface area (Å²) in [7, 11) is -3.63. The predicted molar refractivity (Wildman–Crippen MR) is 136 cm³/mol. The third-order valence-corrected chi connectivity index (χ3v) is 10.0.